The number of hydrogen-bond acceptors (Lipinski definition) is 3. The molecule has 3 aromatic rings. The standard InChI is InChI=1S/C22H20ClF3N4/c1-28(2)17-6-4-16(5-7-17)20-9-12-30(20)21-10-11-29(27-21)14-15-3-8-19(23)18(13-15)22(24,25)26/h3-13,20H,14H2,1-2H3. The smallest absolute Gasteiger partial charge is 0.378 e. The van der Waals surface area contributed by atoms with Gasteiger partial charge in [0.25, 0.3) is 0 Å². The Kier molecular flexibility index (Phi) is 5.24. The molecule has 0 saturated heterocycles. The van der Waals surface area contributed by atoms with Crippen molar-refractivity contribution in [1.29, 1.82) is 0 Å². The summed E-state index contributed by atoms with van der Waals surface area (Å²) in [6, 6.07) is 14.2. The summed E-state index contributed by atoms with van der Waals surface area (Å²) in [7, 11) is 3.99. The van der Waals surface area contributed by atoms with E-state index < -0.39 is 11.7 Å². The molecule has 156 valence electrons. The van der Waals surface area contributed by atoms with Crippen LogP contribution in [0, 0.1) is 0 Å². The second-order valence-corrected chi connectivity index (χ2v) is 7.77. The van der Waals surface area contributed by atoms with Crippen LogP contribution in [0.2, 0.25) is 5.02 Å². The zero-order chi connectivity index (χ0) is 21.5. The van der Waals surface area contributed by atoms with Crippen LogP contribution in [0.15, 0.2) is 67.0 Å². The van der Waals surface area contributed by atoms with Gasteiger partial charge in [-0.25, -0.2) is 0 Å². The third-order valence-corrected chi connectivity index (χ3v) is 5.38. The van der Waals surface area contributed by atoms with Crippen LogP contribution in [0.4, 0.5) is 24.7 Å². The van der Waals surface area contributed by atoms with Crippen molar-refractivity contribution in [2.24, 2.45) is 0 Å². The highest BCUT2D eigenvalue weighted by Gasteiger charge is 2.33. The van der Waals surface area contributed by atoms with Crippen molar-refractivity contribution in [3.63, 3.8) is 0 Å². The molecule has 0 amide bonds. The number of hydrogen-bond donors (Lipinski definition) is 0. The van der Waals surface area contributed by atoms with Crippen molar-refractivity contribution in [3.05, 3.63) is 88.7 Å². The van der Waals surface area contributed by atoms with Crippen molar-refractivity contribution >= 4 is 23.1 Å². The minimum absolute atomic E-state index is 0.0805. The first-order valence-corrected chi connectivity index (χ1v) is 9.73. The van der Waals surface area contributed by atoms with E-state index in [1.54, 1.807) is 16.9 Å². The van der Waals surface area contributed by atoms with Crippen LogP contribution in [0.1, 0.15) is 22.7 Å². The third-order valence-electron chi connectivity index (χ3n) is 5.05. The molecular weight excluding hydrogens is 413 g/mol. The lowest BCUT2D eigenvalue weighted by atomic mass is 10.0. The van der Waals surface area contributed by atoms with Crippen LogP contribution in [0.3, 0.4) is 0 Å². The van der Waals surface area contributed by atoms with E-state index in [2.05, 4.69) is 35.4 Å². The molecule has 1 aliphatic rings. The molecular formula is C22H20ClF3N4. The molecule has 1 aliphatic heterocycles. The van der Waals surface area contributed by atoms with E-state index in [9.17, 15) is 13.2 Å². The van der Waals surface area contributed by atoms with Crippen LogP contribution in [0.25, 0.3) is 0 Å². The molecule has 0 spiro atoms. The molecule has 0 radical (unpaired) electrons. The summed E-state index contributed by atoms with van der Waals surface area (Å²) >= 11 is 5.70. The number of aromatic nitrogens is 2. The molecule has 0 bridgehead atoms. The molecule has 1 aromatic heterocycles. The molecule has 4 nitrogen and oxygen atoms in total. The van der Waals surface area contributed by atoms with Crippen molar-refractivity contribution in [2.45, 2.75) is 18.8 Å². The summed E-state index contributed by atoms with van der Waals surface area (Å²) in [5.41, 5.74) is 1.92. The maximum atomic E-state index is 13.1. The van der Waals surface area contributed by atoms with Gasteiger partial charge in [0.2, 0.25) is 0 Å². The fourth-order valence-electron chi connectivity index (χ4n) is 3.37. The molecule has 2 aromatic carbocycles. The van der Waals surface area contributed by atoms with Crippen molar-refractivity contribution < 1.29 is 13.2 Å². The molecule has 8 heteroatoms. The molecule has 4 rings (SSSR count). The summed E-state index contributed by atoms with van der Waals surface area (Å²) in [5, 5.41) is 4.23. The van der Waals surface area contributed by atoms with Gasteiger partial charge in [0, 0.05) is 38.2 Å². The van der Waals surface area contributed by atoms with Crippen molar-refractivity contribution in [1.82, 2.24) is 9.78 Å². The van der Waals surface area contributed by atoms with Gasteiger partial charge in [-0.1, -0.05) is 29.8 Å². The molecule has 0 aliphatic carbocycles. The normalized spacial score (nSPS) is 15.9. The van der Waals surface area contributed by atoms with Gasteiger partial charge in [0.05, 0.1) is 23.2 Å². The molecule has 2 heterocycles. The summed E-state index contributed by atoms with van der Waals surface area (Å²) < 4.78 is 40.9. The maximum absolute atomic E-state index is 13.1. The van der Waals surface area contributed by atoms with Gasteiger partial charge in [0.15, 0.2) is 5.82 Å². The lowest BCUT2D eigenvalue weighted by Gasteiger charge is -2.34. The van der Waals surface area contributed by atoms with E-state index in [-0.39, 0.29) is 17.6 Å². The van der Waals surface area contributed by atoms with Crippen LogP contribution in [0.5, 0.6) is 0 Å². The number of rotatable bonds is 5. The van der Waals surface area contributed by atoms with E-state index in [1.807, 2.05) is 36.2 Å². The third kappa shape index (κ3) is 4.03. The van der Waals surface area contributed by atoms with Crippen LogP contribution in [-0.2, 0) is 12.7 Å². The quantitative estimate of drug-likeness (QED) is 0.513. The maximum Gasteiger partial charge on any atom is 0.417 e. The van der Waals surface area contributed by atoms with Gasteiger partial charge in [-0.3, -0.25) is 4.68 Å². The monoisotopic (exact) mass is 432 g/mol. The first-order valence-electron chi connectivity index (χ1n) is 9.35. The Hall–Kier alpha value is -2.93. The Balaban J connectivity index is 1.49. The topological polar surface area (TPSA) is 24.3 Å². The number of alkyl halides is 3. The van der Waals surface area contributed by atoms with Gasteiger partial charge >= 0.3 is 6.18 Å². The Labute approximate surface area is 177 Å². The summed E-state index contributed by atoms with van der Waals surface area (Å²) in [4.78, 5) is 4.07. The number of halogens is 4. The van der Waals surface area contributed by atoms with Crippen molar-refractivity contribution in [3.8, 4) is 0 Å². The number of nitrogens with zero attached hydrogens (tertiary/aromatic N) is 4. The highest BCUT2D eigenvalue weighted by molar-refractivity contribution is 6.31. The van der Waals surface area contributed by atoms with E-state index in [1.165, 1.54) is 6.07 Å². The van der Waals surface area contributed by atoms with E-state index in [4.69, 9.17) is 11.6 Å². The minimum atomic E-state index is -4.49. The highest BCUT2D eigenvalue weighted by atomic mass is 35.5. The van der Waals surface area contributed by atoms with E-state index in [0.717, 1.165) is 23.1 Å². The fourth-order valence-corrected chi connectivity index (χ4v) is 3.59. The van der Waals surface area contributed by atoms with Gasteiger partial charge < -0.3 is 9.80 Å². The van der Waals surface area contributed by atoms with Gasteiger partial charge in [-0.05, 0) is 41.5 Å². The SMILES string of the molecule is CN(C)c1ccc(C2C=CN2c2ccn(Cc3ccc(Cl)c(C(F)(F)F)c3)n2)cc1. The first kappa shape index (κ1) is 20.3. The van der Waals surface area contributed by atoms with E-state index in [0.29, 0.717) is 5.56 Å². The Bertz CT molecular complexity index is 1070. The molecule has 0 saturated carbocycles. The predicted octanol–water partition coefficient (Wildman–Crippen LogP) is 5.74. The van der Waals surface area contributed by atoms with Gasteiger partial charge in [-0.2, -0.15) is 18.3 Å². The van der Waals surface area contributed by atoms with Crippen LogP contribution >= 0.6 is 11.6 Å². The first-order chi connectivity index (χ1) is 14.2. The van der Waals surface area contributed by atoms with Crippen LogP contribution < -0.4 is 9.80 Å². The molecule has 0 N–H and O–H groups in total. The van der Waals surface area contributed by atoms with E-state index >= 15 is 0 Å². The second kappa shape index (κ2) is 7.72. The largest absolute Gasteiger partial charge is 0.417 e. The Morgan fingerprint density at radius 1 is 1.07 bits per heavy atom. The Morgan fingerprint density at radius 3 is 2.40 bits per heavy atom. The lowest BCUT2D eigenvalue weighted by molar-refractivity contribution is -0.137. The molecule has 0 fully saturated rings. The fraction of sp³-hybridized carbons (Fsp3) is 0.227. The zero-order valence-corrected chi connectivity index (χ0v) is 17.2. The lowest BCUT2D eigenvalue weighted by Crippen LogP contribution is -2.29. The summed E-state index contributed by atoms with van der Waals surface area (Å²) in [5.74, 6) is 0.740. The van der Waals surface area contributed by atoms with Crippen LogP contribution in [-0.4, -0.2) is 23.9 Å². The molecule has 1 atom stereocenters. The van der Waals surface area contributed by atoms with Gasteiger partial charge in [0.1, 0.15) is 0 Å². The highest BCUT2D eigenvalue weighted by Crippen LogP contribution is 2.36. The minimum Gasteiger partial charge on any atom is -0.378 e. The second-order valence-electron chi connectivity index (χ2n) is 7.36. The average molecular weight is 433 g/mol. The summed E-state index contributed by atoms with van der Waals surface area (Å²) in [6.07, 6.45) is 1.30. The van der Waals surface area contributed by atoms with Crippen molar-refractivity contribution in [2.75, 3.05) is 23.9 Å². The predicted molar refractivity (Wildman–Crippen MR) is 113 cm³/mol. The number of anilines is 2. The number of benzene rings is 2. The zero-order valence-electron chi connectivity index (χ0n) is 16.4. The molecule has 1 unspecified atom stereocenters. The average Bonchev–Trinajstić information content (AvgIpc) is 3.09. The van der Waals surface area contributed by atoms with Gasteiger partial charge in [-0.15, -0.1) is 0 Å². The summed E-state index contributed by atoms with van der Waals surface area (Å²) in [6.45, 7) is 0.222. The molecule has 30 heavy (non-hydrogen) atoms. The Morgan fingerprint density at radius 2 is 1.80 bits per heavy atom.